The molecule has 3 nitrogen and oxygen atoms in total. The number of nitrogens with one attached hydrogen (secondary N) is 2. The largest absolute Gasteiger partial charge is 0.326 e. The molecule has 1 aromatic rings. The van der Waals surface area contributed by atoms with Crippen molar-refractivity contribution in [1.29, 1.82) is 0 Å². The number of carbonyl (C=O) groups is 1. The van der Waals surface area contributed by atoms with Crippen molar-refractivity contribution in [2.75, 3.05) is 25.5 Å². The van der Waals surface area contributed by atoms with Gasteiger partial charge in [-0.05, 0) is 51.0 Å². The van der Waals surface area contributed by atoms with Gasteiger partial charge in [0.1, 0.15) is 0 Å². The number of benzene rings is 1. The highest BCUT2D eigenvalue weighted by atomic mass is 16.2. The summed E-state index contributed by atoms with van der Waals surface area (Å²) in [6, 6.07) is 5.97. The highest BCUT2D eigenvalue weighted by Gasteiger charge is 2.10. The van der Waals surface area contributed by atoms with E-state index < -0.39 is 0 Å². The Morgan fingerprint density at radius 1 is 1.32 bits per heavy atom. The molecule has 104 valence electrons. The van der Waals surface area contributed by atoms with E-state index in [1.165, 1.54) is 16.0 Å². The summed E-state index contributed by atoms with van der Waals surface area (Å²) in [5.74, 6) is 0.0633. The van der Waals surface area contributed by atoms with E-state index in [4.69, 9.17) is 0 Å². The van der Waals surface area contributed by atoms with Crippen LogP contribution in [0, 0.1) is 13.8 Å². The summed E-state index contributed by atoms with van der Waals surface area (Å²) in [7, 11) is 2.03. The first-order chi connectivity index (χ1) is 8.90. The van der Waals surface area contributed by atoms with Crippen molar-refractivity contribution in [2.24, 2.45) is 0 Å². The van der Waals surface area contributed by atoms with Gasteiger partial charge >= 0.3 is 0 Å². The molecule has 0 saturated heterocycles. The lowest BCUT2D eigenvalue weighted by Gasteiger charge is -2.14. The van der Waals surface area contributed by atoms with Gasteiger partial charge in [-0.25, -0.2) is 0 Å². The number of quaternary nitrogens is 1. The zero-order valence-electron chi connectivity index (χ0n) is 12.6. The van der Waals surface area contributed by atoms with E-state index in [0.717, 1.165) is 17.8 Å². The molecule has 0 saturated carbocycles. The van der Waals surface area contributed by atoms with Crippen LogP contribution >= 0.6 is 0 Å². The van der Waals surface area contributed by atoms with Crippen molar-refractivity contribution in [3.05, 3.63) is 41.0 Å². The highest BCUT2D eigenvalue weighted by molar-refractivity contribution is 5.92. The molecular weight excluding hydrogens is 236 g/mol. The minimum Gasteiger partial charge on any atom is -0.326 e. The van der Waals surface area contributed by atoms with Gasteiger partial charge in [-0.15, -0.1) is 0 Å². The van der Waals surface area contributed by atoms with E-state index in [0.29, 0.717) is 6.54 Å². The average molecular weight is 261 g/mol. The van der Waals surface area contributed by atoms with E-state index in [9.17, 15) is 4.79 Å². The van der Waals surface area contributed by atoms with Crippen LogP contribution in [0.2, 0.25) is 0 Å². The Balaban J connectivity index is 2.56. The van der Waals surface area contributed by atoms with Gasteiger partial charge in [0.2, 0.25) is 0 Å². The van der Waals surface area contributed by atoms with Gasteiger partial charge in [-0.2, -0.15) is 0 Å². The lowest BCUT2D eigenvalue weighted by molar-refractivity contribution is -0.864. The number of allylic oxidation sites excluding steroid dienone is 1. The van der Waals surface area contributed by atoms with Gasteiger partial charge < -0.3 is 10.2 Å². The van der Waals surface area contributed by atoms with Gasteiger partial charge in [0, 0.05) is 5.69 Å². The van der Waals surface area contributed by atoms with Crippen LogP contribution in [0.5, 0.6) is 0 Å². The first-order valence-corrected chi connectivity index (χ1v) is 6.71. The summed E-state index contributed by atoms with van der Waals surface area (Å²) >= 11 is 0. The molecule has 0 fully saturated rings. The van der Waals surface area contributed by atoms with E-state index in [1.54, 1.807) is 0 Å². The van der Waals surface area contributed by atoms with Crippen LogP contribution in [0.4, 0.5) is 5.69 Å². The van der Waals surface area contributed by atoms with Crippen molar-refractivity contribution in [3.8, 4) is 0 Å². The quantitative estimate of drug-likeness (QED) is 0.778. The lowest BCUT2D eigenvalue weighted by Crippen LogP contribution is -3.09. The molecule has 0 bridgehead atoms. The molecule has 1 amide bonds. The Bertz CT molecular complexity index is 474. The summed E-state index contributed by atoms with van der Waals surface area (Å²) in [6.45, 7) is 9.59. The Hall–Kier alpha value is -1.61. The number of aryl methyl sites for hydroxylation is 1. The van der Waals surface area contributed by atoms with Crippen LogP contribution in [0.25, 0.3) is 0 Å². The molecule has 0 aliphatic rings. The fraction of sp³-hybridized carbons (Fsp3) is 0.438. The van der Waals surface area contributed by atoms with Crippen molar-refractivity contribution < 1.29 is 9.69 Å². The molecule has 0 spiro atoms. The van der Waals surface area contributed by atoms with Crippen LogP contribution < -0.4 is 10.2 Å². The number of likely N-dealkylation sites (N-methyl/N-ethyl adjacent to an activating group) is 1. The molecule has 0 heterocycles. The molecule has 0 aliphatic heterocycles. The van der Waals surface area contributed by atoms with E-state index in [2.05, 4.69) is 38.2 Å². The molecule has 2 N–H and O–H groups in total. The molecule has 19 heavy (non-hydrogen) atoms. The standard InChI is InChI=1S/C16H24N2O/c1-12(2)9-10-18(5)11-16(19)17-15-8-6-7-13(3)14(15)4/h6-9H,10-11H2,1-5H3,(H,17,19)/p+1. The van der Waals surface area contributed by atoms with Gasteiger partial charge in [0.15, 0.2) is 6.54 Å². The third-order valence-corrected chi connectivity index (χ3v) is 3.20. The number of hydrogen-bond donors (Lipinski definition) is 2. The molecule has 1 rings (SSSR count). The molecule has 1 atom stereocenters. The first-order valence-electron chi connectivity index (χ1n) is 6.71. The monoisotopic (exact) mass is 261 g/mol. The summed E-state index contributed by atoms with van der Waals surface area (Å²) < 4.78 is 0. The SMILES string of the molecule is CC(C)=CC[NH+](C)CC(=O)Nc1cccc(C)c1C. The third-order valence-electron chi connectivity index (χ3n) is 3.20. The van der Waals surface area contributed by atoms with Gasteiger partial charge in [0.05, 0.1) is 13.6 Å². The van der Waals surface area contributed by atoms with Crippen LogP contribution in [0.15, 0.2) is 29.8 Å². The third kappa shape index (κ3) is 5.26. The van der Waals surface area contributed by atoms with E-state index in [1.807, 2.05) is 26.1 Å². The van der Waals surface area contributed by atoms with E-state index in [-0.39, 0.29) is 5.91 Å². The highest BCUT2D eigenvalue weighted by Crippen LogP contribution is 2.17. The maximum atomic E-state index is 12.0. The molecule has 1 aromatic carbocycles. The minimum atomic E-state index is 0.0633. The van der Waals surface area contributed by atoms with Crippen LogP contribution in [-0.4, -0.2) is 26.0 Å². The Kier molecular flexibility index (Phi) is 5.77. The second kappa shape index (κ2) is 7.10. The van der Waals surface area contributed by atoms with Crippen LogP contribution in [0.1, 0.15) is 25.0 Å². The number of rotatable bonds is 5. The topological polar surface area (TPSA) is 33.5 Å². The molecule has 1 unspecified atom stereocenters. The number of hydrogen-bond acceptors (Lipinski definition) is 1. The average Bonchev–Trinajstić information content (AvgIpc) is 2.32. The first kappa shape index (κ1) is 15.4. The number of amides is 1. The molecule has 0 aliphatic carbocycles. The maximum absolute atomic E-state index is 12.0. The van der Waals surface area contributed by atoms with Crippen LogP contribution in [-0.2, 0) is 4.79 Å². The second-order valence-corrected chi connectivity index (χ2v) is 5.42. The second-order valence-electron chi connectivity index (χ2n) is 5.42. The van der Waals surface area contributed by atoms with Crippen molar-refractivity contribution in [3.63, 3.8) is 0 Å². The summed E-state index contributed by atoms with van der Waals surface area (Å²) in [5.41, 5.74) is 4.54. The maximum Gasteiger partial charge on any atom is 0.279 e. The summed E-state index contributed by atoms with van der Waals surface area (Å²) in [5, 5.41) is 2.99. The Morgan fingerprint density at radius 3 is 2.63 bits per heavy atom. The van der Waals surface area contributed by atoms with Gasteiger partial charge in [-0.3, -0.25) is 4.79 Å². The molecule has 0 radical (unpaired) electrons. The van der Waals surface area contributed by atoms with Gasteiger partial charge in [-0.1, -0.05) is 17.7 Å². The fourth-order valence-electron chi connectivity index (χ4n) is 1.81. The van der Waals surface area contributed by atoms with Gasteiger partial charge in [0.25, 0.3) is 5.91 Å². The normalized spacial score (nSPS) is 11.8. The summed E-state index contributed by atoms with van der Waals surface area (Å²) in [6.07, 6.45) is 2.15. The zero-order valence-corrected chi connectivity index (χ0v) is 12.6. The zero-order chi connectivity index (χ0) is 14.4. The van der Waals surface area contributed by atoms with E-state index >= 15 is 0 Å². The fourth-order valence-corrected chi connectivity index (χ4v) is 1.81. The lowest BCUT2D eigenvalue weighted by atomic mass is 10.1. The molecular formula is C16H25N2O+. The van der Waals surface area contributed by atoms with Crippen molar-refractivity contribution >= 4 is 11.6 Å². The molecule has 0 aromatic heterocycles. The minimum absolute atomic E-state index is 0.0633. The Labute approximate surface area is 116 Å². The number of anilines is 1. The predicted molar refractivity (Wildman–Crippen MR) is 80.6 cm³/mol. The van der Waals surface area contributed by atoms with Crippen molar-refractivity contribution in [1.82, 2.24) is 0 Å². The number of carbonyl (C=O) groups excluding carboxylic acids is 1. The van der Waals surface area contributed by atoms with Crippen molar-refractivity contribution in [2.45, 2.75) is 27.7 Å². The van der Waals surface area contributed by atoms with Crippen LogP contribution in [0.3, 0.4) is 0 Å². The summed E-state index contributed by atoms with van der Waals surface area (Å²) in [4.78, 5) is 13.2. The smallest absolute Gasteiger partial charge is 0.279 e. The Morgan fingerprint density at radius 2 is 2.00 bits per heavy atom. The predicted octanol–water partition coefficient (Wildman–Crippen LogP) is 1.72. The molecule has 3 heteroatoms.